The van der Waals surface area contributed by atoms with E-state index in [4.69, 9.17) is 9.47 Å². The van der Waals surface area contributed by atoms with Crippen LogP contribution in [0.15, 0.2) is 53.7 Å². The zero-order chi connectivity index (χ0) is 19.8. The van der Waals surface area contributed by atoms with E-state index in [1.807, 2.05) is 47.7 Å². The molecule has 1 N–H and O–H groups in total. The van der Waals surface area contributed by atoms with Crippen LogP contribution in [0.25, 0.3) is 16.6 Å². The number of carbonyl (C=O) groups excluding carboxylic acids is 1. The predicted octanol–water partition coefficient (Wildman–Crippen LogP) is 3.33. The zero-order valence-corrected chi connectivity index (χ0v) is 16.5. The summed E-state index contributed by atoms with van der Waals surface area (Å²) in [4.78, 5) is 12.4. The lowest BCUT2D eigenvalue weighted by Gasteiger charge is -2.08. The molecule has 0 atom stereocenters. The van der Waals surface area contributed by atoms with Gasteiger partial charge in [-0.1, -0.05) is 36.0 Å². The number of rotatable bonds is 5. The second kappa shape index (κ2) is 7.29. The summed E-state index contributed by atoms with van der Waals surface area (Å²) < 4.78 is 12.7. The number of aromatic nitrogens is 3. The average molecular weight is 406 g/mol. The molecule has 0 saturated carbocycles. The summed E-state index contributed by atoms with van der Waals surface area (Å²) >= 11 is 1.38. The van der Waals surface area contributed by atoms with E-state index >= 15 is 0 Å². The molecule has 0 bridgehead atoms. The molecule has 2 aromatic heterocycles. The SMILES string of the molecule is Cc1cc2ccccc2n2c(SCC(=O)NCc3ccc4c(c3)OCO4)nnc12. The number of thioether (sulfide) groups is 1. The van der Waals surface area contributed by atoms with Crippen LogP contribution >= 0.6 is 11.8 Å². The first-order chi connectivity index (χ1) is 14.2. The van der Waals surface area contributed by atoms with Gasteiger partial charge in [-0.25, -0.2) is 0 Å². The molecule has 1 aliphatic rings. The van der Waals surface area contributed by atoms with Gasteiger partial charge in [0, 0.05) is 6.54 Å². The molecule has 1 amide bonds. The number of nitrogens with zero attached hydrogens (tertiary/aromatic N) is 3. The first kappa shape index (κ1) is 17.8. The summed E-state index contributed by atoms with van der Waals surface area (Å²) in [6.45, 7) is 2.68. The Morgan fingerprint density at radius 3 is 2.93 bits per heavy atom. The van der Waals surface area contributed by atoms with Crippen LogP contribution in [0.1, 0.15) is 11.1 Å². The van der Waals surface area contributed by atoms with Crippen molar-refractivity contribution in [1.82, 2.24) is 19.9 Å². The van der Waals surface area contributed by atoms with Gasteiger partial charge in [-0.3, -0.25) is 9.20 Å². The Balaban J connectivity index is 1.29. The van der Waals surface area contributed by atoms with Crippen molar-refractivity contribution < 1.29 is 14.3 Å². The molecule has 3 heterocycles. The number of aryl methyl sites for hydroxylation is 1. The van der Waals surface area contributed by atoms with Crippen molar-refractivity contribution in [2.45, 2.75) is 18.6 Å². The molecular weight excluding hydrogens is 388 g/mol. The summed E-state index contributed by atoms with van der Waals surface area (Å²) in [6.07, 6.45) is 0. The van der Waals surface area contributed by atoms with Crippen LogP contribution < -0.4 is 14.8 Å². The van der Waals surface area contributed by atoms with E-state index in [0.717, 1.165) is 33.4 Å². The van der Waals surface area contributed by atoms with Crippen LogP contribution in [0, 0.1) is 6.92 Å². The molecule has 0 spiro atoms. The van der Waals surface area contributed by atoms with Gasteiger partial charge >= 0.3 is 0 Å². The van der Waals surface area contributed by atoms with Gasteiger partial charge in [0.15, 0.2) is 22.3 Å². The fraction of sp³-hybridized carbons (Fsp3) is 0.190. The fourth-order valence-corrected chi connectivity index (χ4v) is 4.15. The minimum absolute atomic E-state index is 0.0682. The summed E-state index contributed by atoms with van der Waals surface area (Å²) in [7, 11) is 0. The van der Waals surface area contributed by atoms with Crippen LogP contribution in [0.3, 0.4) is 0 Å². The smallest absolute Gasteiger partial charge is 0.231 e. The lowest BCUT2D eigenvalue weighted by Crippen LogP contribution is -2.24. The van der Waals surface area contributed by atoms with Gasteiger partial charge in [-0.05, 0) is 47.7 Å². The molecule has 0 saturated heterocycles. The number of ether oxygens (including phenoxy) is 2. The molecule has 1 aliphatic heterocycles. The average Bonchev–Trinajstić information content (AvgIpc) is 3.38. The molecule has 7 nitrogen and oxygen atoms in total. The molecule has 0 aliphatic carbocycles. The summed E-state index contributed by atoms with van der Waals surface area (Å²) in [5, 5.41) is 13.4. The third kappa shape index (κ3) is 3.36. The monoisotopic (exact) mass is 406 g/mol. The highest BCUT2D eigenvalue weighted by atomic mass is 32.2. The number of carbonyl (C=O) groups is 1. The second-order valence-corrected chi connectivity index (χ2v) is 7.72. The van der Waals surface area contributed by atoms with Crippen molar-refractivity contribution in [2.24, 2.45) is 0 Å². The minimum Gasteiger partial charge on any atom is -0.454 e. The largest absolute Gasteiger partial charge is 0.454 e. The molecule has 2 aromatic carbocycles. The van der Waals surface area contributed by atoms with E-state index in [1.54, 1.807) is 0 Å². The van der Waals surface area contributed by atoms with Gasteiger partial charge in [-0.15, -0.1) is 10.2 Å². The molecule has 0 unspecified atom stereocenters. The maximum Gasteiger partial charge on any atom is 0.231 e. The van der Waals surface area contributed by atoms with Gasteiger partial charge < -0.3 is 14.8 Å². The lowest BCUT2D eigenvalue weighted by atomic mass is 10.1. The zero-order valence-electron chi connectivity index (χ0n) is 15.7. The van der Waals surface area contributed by atoms with Crippen LogP contribution in [-0.4, -0.2) is 33.1 Å². The van der Waals surface area contributed by atoms with Crippen molar-refractivity contribution in [3.05, 3.63) is 59.7 Å². The van der Waals surface area contributed by atoms with E-state index in [1.165, 1.54) is 11.8 Å². The molecule has 146 valence electrons. The number of hydrogen-bond donors (Lipinski definition) is 1. The lowest BCUT2D eigenvalue weighted by molar-refractivity contribution is -0.118. The van der Waals surface area contributed by atoms with Gasteiger partial charge in [0.2, 0.25) is 12.7 Å². The highest BCUT2D eigenvalue weighted by molar-refractivity contribution is 7.99. The van der Waals surface area contributed by atoms with Gasteiger partial charge in [0.25, 0.3) is 0 Å². The number of amides is 1. The van der Waals surface area contributed by atoms with Crippen LogP contribution in [-0.2, 0) is 11.3 Å². The molecule has 5 rings (SSSR count). The van der Waals surface area contributed by atoms with E-state index in [9.17, 15) is 4.79 Å². The Labute approximate surface area is 171 Å². The maximum absolute atomic E-state index is 12.4. The Hall–Kier alpha value is -3.26. The molecule has 4 aromatic rings. The Bertz CT molecular complexity index is 1240. The number of nitrogens with one attached hydrogen (secondary N) is 1. The maximum atomic E-state index is 12.4. The summed E-state index contributed by atoms with van der Waals surface area (Å²) in [5.41, 5.74) is 3.85. The minimum atomic E-state index is -0.0682. The predicted molar refractivity (Wildman–Crippen MR) is 110 cm³/mol. The third-order valence-corrected chi connectivity index (χ3v) is 5.72. The highest BCUT2D eigenvalue weighted by Gasteiger charge is 2.15. The number of fused-ring (bicyclic) bond motifs is 4. The molecule has 0 radical (unpaired) electrons. The van der Waals surface area contributed by atoms with E-state index in [0.29, 0.717) is 17.5 Å². The van der Waals surface area contributed by atoms with Crippen molar-refractivity contribution in [2.75, 3.05) is 12.5 Å². The van der Waals surface area contributed by atoms with E-state index in [-0.39, 0.29) is 18.5 Å². The molecule has 0 fully saturated rings. The van der Waals surface area contributed by atoms with Crippen LogP contribution in [0.5, 0.6) is 11.5 Å². The first-order valence-corrected chi connectivity index (χ1v) is 10.2. The number of benzene rings is 2. The fourth-order valence-electron chi connectivity index (χ4n) is 3.38. The number of para-hydroxylation sites is 1. The highest BCUT2D eigenvalue weighted by Crippen LogP contribution is 2.32. The van der Waals surface area contributed by atoms with Crippen LogP contribution in [0.4, 0.5) is 0 Å². The molecule has 29 heavy (non-hydrogen) atoms. The Kier molecular flexibility index (Phi) is 4.48. The van der Waals surface area contributed by atoms with Crippen LogP contribution in [0.2, 0.25) is 0 Å². The van der Waals surface area contributed by atoms with Gasteiger partial charge in [0.05, 0.1) is 11.3 Å². The standard InChI is InChI=1S/C21H18N4O3S/c1-13-8-15-4-2-3-5-16(15)25-20(13)23-24-21(25)29-11-19(26)22-10-14-6-7-17-18(9-14)28-12-27-17/h2-9H,10-12H2,1H3,(H,22,26). The van der Waals surface area contributed by atoms with E-state index < -0.39 is 0 Å². The Morgan fingerprint density at radius 2 is 2.00 bits per heavy atom. The van der Waals surface area contributed by atoms with Crippen molar-refractivity contribution in [1.29, 1.82) is 0 Å². The Morgan fingerprint density at radius 1 is 1.14 bits per heavy atom. The third-order valence-electron chi connectivity index (χ3n) is 4.79. The molecule has 8 heteroatoms. The van der Waals surface area contributed by atoms with Gasteiger partial charge in [-0.2, -0.15) is 0 Å². The quantitative estimate of drug-likeness (QED) is 0.512. The molecular formula is C21H18N4O3S. The van der Waals surface area contributed by atoms with Crippen molar-refractivity contribution in [3.8, 4) is 11.5 Å². The summed E-state index contributed by atoms with van der Waals surface area (Å²) in [5.74, 6) is 1.63. The number of pyridine rings is 1. The normalized spacial score (nSPS) is 12.6. The van der Waals surface area contributed by atoms with Crippen molar-refractivity contribution in [3.63, 3.8) is 0 Å². The second-order valence-electron chi connectivity index (χ2n) is 6.78. The summed E-state index contributed by atoms with van der Waals surface area (Å²) in [6, 6.07) is 15.9. The van der Waals surface area contributed by atoms with E-state index in [2.05, 4.69) is 27.6 Å². The number of hydrogen-bond acceptors (Lipinski definition) is 6. The van der Waals surface area contributed by atoms with Gasteiger partial charge in [0.1, 0.15) is 0 Å². The van der Waals surface area contributed by atoms with Crippen molar-refractivity contribution >= 4 is 34.2 Å². The first-order valence-electron chi connectivity index (χ1n) is 9.20. The topological polar surface area (TPSA) is 77.8 Å².